The first-order chi connectivity index (χ1) is 15.0. The number of aryl methyl sites for hydroxylation is 1. The first-order valence-electron chi connectivity index (χ1n) is 9.94. The molecule has 0 spiro atoms. The first-order valence-corrected chi connectivity index (χ1v) is 9.94. The van der Waals surface area contributed by atoms with E-state index in [1.165, 1.54) is 18.2 Å². The molecule has 5 nitrogen and oxygen atoms in total. The fourth-order valence-corrected chi connectivity index (χ4v) is 3.43. The van der Waals surface area contributed by atoms with Crippen LogP contribution in [0.3, 0.4) is 0 Å². The number of anilines is 2. The van der Waals surface area contributed by atoms with Gasteiger partial charge in [-0.2, -0.15) is 0 Å². The first kappa shape index (κ1) is 20.3. The van der Waals surface area contributed by atoms with Crippen LogP contribution in [0.4, 0.5) is 15.8 Å². The van der Waals surface area contributed by atoms with Gasteiger partial charge in [-0.05, 0) is 55.8 Å². The van der Waals surface area contributed by atoms with Crippen LogP contribution < -0.4 is 15.0 Å². The van der Waals surface area contributed by atoms with E-state index in [0.29, 0.717) is 23.6 Å². The molecule has 0 aromatic heterocycles. The molecule has 156 valence electrons. The summed E-state index contributed by atoms with van der Waals surface area (Å²) >= 11 is 0. The van der Waals surface area contributed by atoms with Crippen molar-refractivity contribution in [2.45, 2.75) is 13.8 Å². The zero-order chi connectivity index (χ0) is 22.0. The molecule has 31 heavy (non-hydrogen) atoms. The SMILES string of the molecule is CCOc1ccc(NC2=C(c3ccc(C)cc3)C(=O)N(c3ccccc3F)C2=O)cc1. The summed E-state index contributed by atoms with van der Waals surface area (Å²) in [6.45, 7) is 4.37. The van der Waals surface area contributed by atoms with Crippen molar-refractivity contribution in [3.63, 3.8) is 0 Å². The Morgan fingerprint density at radius 1 is 0.903 bits per heavy atom. The third kappa shape index (κ3) is 3.92. The quantitative estimate of drug-likeness (QED) is 0.579. The third-order valence-electron chi connectivity index (χ3n) is 4.95. The van der Waals surface area contributed by atoms with Crippen LogP contribution in [0.5, 0.6) is 5.75 Å². The van der Waals surface area contributed by atoms with E-state index in [1.54, 1.807) is 42.5 Å². The average molecular weight is 416 g/mol. The Labute approximate surface area is 179 Å². The molecule has 3 aromatic carbocycles. The maximum Gasteiger partial charge on any atom is 0.282 e. The molecule has 0 fully saturated rings. The van der Waals surface area contributed by atoms with Gasteiger partial charge in [0.15, 0.2) is 0 Å². The Morgan fingerprint density at radius 3 is 2.23 bits per heavy atom. The van der Waals surface area contributed by atoms with E-state index in [0.717, 1.165) is 10.5 Å². The topological polar surface area (TPSA) is 58.6 Å². The lowest BCUT2D eigenvalue weighted by Gasteiger charge is -2.16. The fourth-order valence-electron chi connectivity index (χ4n) is 3.43. The van der Waals surface area contributed by atoms with Crippen molar-refractivity contribution in [3.05, 3.63) is 95.4 Å². The van der Waals surface area contributed by atoms with Crippen molar-refractivity contribution in [1.82, 2.24) is 0 Å². The van der Waals surface area contributed by atoms with Crippen LogP contribution in [0, 0.1) is 12.7 Å². The highest BCUT2D eigenvalue weighted by atomic mass is 19.1. The van der Waals surface area contributed by atoms with E-state index in [2.05, 4.69) is 5.32 Å². The molecular formula is C25H21FN2O3. The summed E-state index contributed by atoms with van der Waals surface area (Å²) in [5.41, 5.74) is 2.43. The molecule has 4 rings (SSSR count). The van der Waals surface area contributed by atoms with Crippen molar-refractivity contribution >= 4 is 28.8 Å². The summed E-state index contributed by atoms with van der Waals surface area (Å²) < 4.78 is 19.9. The Hall–Kier alpha value is -3.93. The smallest absolute Gasteiger partial charge is 0.282 e. The highest BCUT2D eigenvalue weighted by molar-refractivity contribution is 6.46. The van der Waals surface area contributed by atoms with Crippen LogP contribution in [0.2, 0.25) is 0 Å². The van der Waals surface area contributed by atoms with Crippen molar-refractivity contribution in [3.8, 4) is 5.75 Å². The van der Waals surface area contributed by atoms with E-state index < -0.39 is 17.6 Å². The van der Waals surface area contributed by atoms with E-state index >= 15 is 0 Å². The number of amides is 2. The van der Waals surface area contributed by atoms with Crippen molar-refractivity contribution in [1.29, 1.82) is 0 Å². The lowest BCUT2D eigenvalue weighted by Crippen LogP contribution is -2.33. The number of carbonyl (C=O) groups excluding carboxylic acids is 2. The number of para-hydroxylation sites is 1. The second-order valence-electron chi connectivity index (χ2n) is 7.10. The second kappa shape index (κ2) is 8.44. The number of hydrogen-bond donors (Lipinski definition) is 1. The van der Waals surface area contributed by atoms with Gasteiger partial charge in [0, 0.05) is 5.69 Å². The lowest BCUT2D eigenvalue weighted by atomic mass is 10.0. The van der Waals surface area contributed by atoms with Crippen molar-refractivity contribution in [2.24, 2.45) is 0 Å². The van der Waals surface area contributed by atoms with Crippen molar-refractivity contribution < 1.29 is 18.7 Å². The predicted molar refractivity (Wildman–Crippen MR) is 118 cm³/mol. The van der Waals surface area contributed by atoms with Gasteiger partial charge in [0.2, 0.25) is 0 Å². The number of hydrogen-bond acceptors (Lipinski definition) is 4. The van der Waals surface area contributed by atoms with Gasteiger partial charge in [-0.25, -0.2) is 9.29 Å². The largest absolute Gasteiger partial charge is 0.494 e. The number of halogens is 1. The average Bonchev–Trinajstić information content (AvgIpc) is 3.00. The van der Waals surface area contributed by atoms with E-state index in [4.69, 9.17) is 4.74 Å². The lowest BCUT2D eigenvalue weighted by molar-refractivity contribution is -0.120. The molecule has 6 heteroatoms. The minimum Gasteiger partial charge on any atom is -0.494 e. The number of nitrogens with one attached hydrogen (secondary N) is 1. The maximum absolute atomic E-state index is 14.4. The van der Waals surface area contributed by atoms with Crippen LogP contribution in [-0.4, -0.2) is 18.4 Å². The summed E-state index contributed by atoms with van der Waals surface area (Å²) in [4.78, 5) is 27.5. The summed E-state index contributed by atoms with van der Waals surface area (Å²) in [6, 6.07) is 20.1. The van der Waals surface area contributed by atoms with E-state index in [9.17, 15) is 14.0 Å². The Morgan fingerprint density at radius 2 is 1.58 bits per heavy atom. The van der Waals surface area contributed by atoms with Gasteiger partial charge in [0.05, 0.1) is 17.9 Å². The zero-order valence-electron chi connectivity index (χ0n) is 17.2. The predicted octanol–water partition coefficient (Wildman–Crippen LogP) is 4.93. The zero-order valence-corrected chi connectivity index (χ0v) is 17.2. The Balaban J connectivity index is 1.78. The number of benzene rings is 3. The molecular weight excluding hydrogens is 395 g/mol. The monoisotopic (exact) mass is 416 g/mol. The van der Waals surface area contributed by atoms with Gasteiger partial charge in [0.25, 0.3) is 11.8 Å². The normalized spacial score (nSPS) is 13.7. The number of nitrogens with zero attached hydrogens (tertiary/aromatic N) is 1. The van der Waals surface area contributed by atoms with Gasteiger partial charge in [-0.3, -0.25) is 9.59 Å². The van der Waals surface area contributed by atoms with E-state index in [-0.39, 0.29) is 17.0 Å². The molecule has 0 unspecified atom stereocenters. The molecule has 1 aliphatic rings. The molecule has 1 heterocycles. The second-order valence-corrected chi connectivity index (χ2v) is 7.10. The number of ether oxygens (including phenoxy) is 1. The minimum atomic E-state index is -0.644. The molecule has 0 aliphatic carbocycles. The van der Waals surface area contributed by atoms with Gasteiger partial charge in [-0.15, -0.1) is 0 Å². The summed E-state index contributed by atoms with van der Waals surface area (Å²) in [7, 11) is 0. The maximum atomic E-state index is 14.4. The van der Waals surface area contributed by atoms with Gasteiger partial charge >= 0.3 is 0 Å². The molecule has 2 amide bonds. The summed E-state index contributed by atoms with van der Waals surface area (Å²) in [6.07, 6.45) is 0. The molecule has 1 N–H and O–H groups in total. The van der Waals surface area contributed by atoms with Crippen LogP contribution >= 0.6 is 0 Å². The Bertz CT molecular complexity index is 1170. The molecule has 0 atom stereocenters. The standard InChI is InChI=1S/C25H21FN2O3/c1-3-31-19-14-12-18(13-15-19)27-23-22(17-10-8-16(2)9-11-17)24(29)28(25(23)30)21-7-5-4-6-20(21)26/h4-15,27H,3H2,1-2H3. The van der Waals surface area contributed by atoms with Crippen molar-refractivity contribution in [2.75, 3.05) is 16.8 Å². The van der Waals surface area contributed by atoms with E-state index in [1.807, 2.05) is 26.0 Å². The summed E-state index contributed by atoms with van der Waals surface area (Å²) in [5, 5.41) is 3.06. The minimum absolute atomic E-state index is 0.0781. The molecule has 0 bridgehead atoms. The molecule has 3 aromatic rings. The van der Waals surface area contributed by atoms with Crippen LogP contribution in [0.25, 0.3) is 5.57 Å². The number of carbonyl (C=O) groups is 2. The highest BCUT2D eigenvalue weighted by Crippen LogP contribution is 2.35. The van der Waals surface area contributed by atoms with Gasteiger partial charge in [-0.1, -0.05) is 42.0 Å². The third-order valence-corrected chi connectivity index (χ3v) is 4.95. The number of imide groups is 1. The summed E-state index contributed by atoms with van der Waals surface area (Å²) in [5.74, 6) is -1.13. The van der Waals surface area contributed by atoms with Gasteiger partial charge < -0.3 is 10.1 Å². The van der Waals surface area contributed by atoms with Crippen LogP contribution in [0.1, 0.15) is 18.1 Å². The molecule has 0 saturated heterocycles. The highest BCUT2D eigenvalue weighted by Gasteiger charge is 2.41. The Kier molecular flexibility index (Phi) is 5.54. The van der Waals surface area contributed by atoms with Crippen LogP contribution in [-0.2, 0) is 9.59 Å². The fraction of sp³-hybridized carbons (Fsp3) is 0.120. The molecule has 0 saturated carbocycles. The number of rotatable bonds is 6. The molecule has 0 radical (unpaired) electrons. The molecule has 1 aliphatic heterocycles. The van der Waals surface area contributed by atoms with Crippen LogP contribution in [0.15, 0.2) is 78.5 Å². The van der Waals surface area contributed by atoms with Gasteiger partial charge in [0.1, 0.15) is 17.3 Å².